The summed E-state index contributed by atoms with van der Waals surface area (Å²) < 4.78 is 20.3. The van der Waals surface area contributed by atoms with Gasteiger partial charge < -0.3 is 20.7 Å². The maximum atomic E-state index is 13.9. The molecule has 0 saturated carbocycles. The number of halogens is 1. The van der Waals surface area contributed by atoms with Crippen molar-refractivity contribution in [3.63, 3.8) is 0 Å². The molecule has 7 nitrogen and oxygen atoms in total. The highest BCUT2D eigenvalue weighted by Crippen LogP contribution is 2.31. The highest BCUT2D eigenvalue weighted by Gasteiger charge is 2.44. The summed E-state index contributed by atoms with van der Waals surface area (Å²) in [7, 11) is 0. The molecule has 1 aromatic rings. The molecule has 1 fully saturated rings. The second kappa shape index (κ2) is 5.47. The molecule has 0 amide bonds. The van der Waals surface area contributed by atoms with Crippen LogP contribution in [0.5, 0.6) is 0 Å². The van der Waals surface area contributed by atoms with Crippen LogP contribution in [0, 0.1) is 4.77 Å². The van der Waals surface area contributed by atoms with Crippen LogP contribution in [0.3, 0.4) is 0 Å². The van der Waals surface area contributed by atoms with Crippen molar-refractivity contribution < 1.29 is 19.3 Å². The summed E-state index contributed by atoms with van der Waals surface area (Å²) in [5, 5.41) is 18.5. The van der Waals surface area contributed by atoms with Gasteiger partial charge in [-0.2, -0.15) is 0 Å². The molecule has 0 bridgehead atoms. The van der Waals surface area contributed by atoms with Crippen LogP contribution in [0.4, 0.5) is 4.39 Å². The molecule has 0 spiro atoms. The van der Waals surface area contributed by atoms with E-state index in [2.05, 4.69) is 4.98 Å². The smallest absolute Gasteiger partial charge is 0.256 e. The number of aliphatic hydroxyl groups excluding tert-OH is 2. The van der Waals surface area contributed by atoms with Gasteiger partial charge in [0.25, 0.3) is 5.56 Å². The minimum atomic E-state index is -1.76. The molecule has 2 heterocycles. The zero-order valence-corrected chi connectivity index (χ0v) is 10.6. The molecule has 0 aromatic carbocycles. The van der Waals surface area contributed by atoms with Crippen LogP contribution in [0.25, 0.3) is 0 Å². The summed E-state index contributed by atoms with van der Waals surface area (Å²) in [6.45, 7) is -0.556. The van der Waals surface area contributed by atoms with Gasteiger partial charge in [0.05, 0.1) is 6.61 Å². The van der Waals surface area contributed by atoms with Gasteiger partial charge in [0.2, 0.25) is 0 Å². The van der Waals surface area contributed by atoms with Crippen molar-refractivity contribution in [1.29, 1.82) is 0 Å². The number of nitrogens with zero attached hydrogens (tertiary/aromatic N) is 1. The Morgan fingerprint density at radius 1 is 1.63 bits per heavy atom. The molecule has 106 valence electrons. The number of ether oxygens (including phenoxy) is 1. The molecule has 19 heavy (non-hydrogen) atoms. The van der Waals surface area contributed by atoms with Crippen molar-refractivity contribution in [2.24, 2.45) is 5.73 Å². The number of hydrogen-bond donors (Lipinski definition) is 4. The van der Waals surface area contributed by atoms with Gasteiger partial charge in [-0.05, 0) is 12.2 Å². The monoisotopic (exact) mass is 291 g/mol. The predicted octanol–water partition coefficient (Wildman–Crippen LogP) is -1.05. The molecule has 4 atom stereocenters. The van der Waals surface area contributed by atoms with Gasteiger partial charge in [-0.1, -0.05) is 0 Å². The van der Waals surface area contributed by atoms with Crippen LogP contribution < -0.4 is 11.3 Å². The molecule has 1 saturated heterocycles. The van der Waals surface area contributed by atoms with Gasteiger partial charge in [-0.3, -0.25) is 14.3 Å². The molecule has 9 heteroatoms. The van der Waals surface area contributed by atoms with Gasteiger partial charge >= 0.3 is 0 Å². The number of nitrogens with one attached hydrogen (secondary N) is 1. The van der Waals surface area contributed by atoms with Gasteiger partial charge in [-0.25, -0.2) is 4.39 Å². The van der Waals surface area contributed by atoms with Crippen molar-refractivity contribution in [2.75, 3.05) is 6.61 Å². The Bertz CT molecular complexity index is 575. The summed E-state index contributed by atoms with van der Waals surface area (Å²) in [6.07, 6.45) is -4.16. The number of hydrogen-bond acceptors (Lipinski definition) is 6. The lowest BCUT2D eigenvalue weighted by Crippen LogP contribution is -2.31. The SMILES string of the molecule is NCc1cn([C@@H]2O[C@H](CO)[C@H](O)[C@@H]2F)c(=S)[nH]c1=O. The summed E-state index contributed by atoms with van der Waals surface area (Å²) >= 11 is 4.93. The standard InChI is InChI=1S/C10H14FN3O4S/c11-6-7(16)5(3-15)18-9(6)14-2-4(1-12)8(17)13-10(14)19/h2,5-7,9,15-16H,1,3,12H2,(H,13,17,19)/t5-,6+,7+,9-/m1/s1. The molecule has 1 aromatic heterocycles. The van der Waals surface area contributed by atoms with Crippen LogP contribution in [0.2, 0.25) is 0 Å². The number of aromatic amines is 1. The van der Waals surface area contributed by atoms with E-state index in [0.29, 0.717) is 0 Å². The van der Waals surface area contributed by atoms with Crippen LogP contribution >= 0.6 is 12.2 Å². The summed E-state index contributed by atoms with van der Waals surface area (Å²) in [5.74, 6) is 0. The first-order valence-corrected chi connectivity index (χ1v) is 6.03. The Morgan fingerprint density at radius 2 is 2.32 bits per heavy atom. The van der Waals surface area contributed by atoms with E-state index in [1.165, 1.54) is 10.8 Å². The first-order chi connectivity index (χ1) is 8.99. The number of rotatable bonds is 3. The third-order valence-corrected chi connectivity index (χ3v) is 3.32. The lowest BCUT2D eigenvalue weighted by Gasteiger charge is -2.17. The van der Waals surface area contributed by atoms with Crippen molar-refractivity contribution >= 4 is 12.2 Å². The minimum Gasteiger partial charge on any atom is -0.394 e. The van der Waals surface area contributed by atoms with Crippen molar-refractivity contribution in [3.8, 4) is 0 Å². The van der Waals surface area contributed by atoms with Crippen LogP contribution in [0.15, 0.2) is 11.0 Å². The van der Waals surface area contributed by atoms with E-state index in [1.54, 1.807) is 0 Å². The van der Waals surface area contributed by atoms with Crippen LogP contribution in [0.1, 0.15) is 11.8 Å². The maximum Gasteiger partial charge on any atom is 0.256 e. The average Bonchev–Trinajstić information content (AvgIpc) is 2.67. The number of H-pyrrole nitrogens is 1. The maximum absolute atomic E-state index is 13.9. The van der Waals surface area contributed by atoms with Crippen molar-refractivity contribution in [3.05, 3.63) is 26.9 Å². The Hall–Kier alpha value is -1.13. The Morgan fingerprint density at radius 3 is 2.84 bits per heavy atom. The Balaban J connectivity index is 2.43. The van der Waals surface area contributed by atoms with Gasteiger partial charge in [0, 0.05) is 18.3 Å². The molecule has 1 aliphatic rings. The molecule has 1 aliphatic heterocycles. The first-order valence-electron chi connectivity index (χ1n) is 5.62. The van der Waals surface area contributed by atoms with Gasteiger partial charge in [0.15, 0.2) is 17.2 Å². The second-order valence-electron chi connectivity index (χ2n) is 4.21. The zero-order valence-electron chi connectivity index (χ0n) is 9.82. The zero-order chi connectivity index (χ0) is 14.2. The normalized spacial score (nSPS) is 30.7. The quantitative estimate of drug-likeness (QED) is 0.529. The van der Waals surface area contributed by atoms with Crippen LogP contribution in [-0.2, 0) is 11.3 Å². The number of nitrogens with two attached hydrogens (primary N) is 1. The number of aliphatic hydroxyl groups is 2. The van der Waals surface area contributed by atoms with E-state index >= 15 is 0 Å². The topological polar surface area (TPSA) is 114 Å². The average molecular weight is 291 g/mol. The largest absolute Gasteiger partial charge is 0.394 e. The van der Waals surface area contributed by atoms with E-state index < -0.39 is 36.8 Å². The first kappa shape index (κ1) is 14.3. The summed E-state index contributed by atoms with van der Waals surface area (Å²) in [5.41, 5.74) is 5.16. The van der Waals surface area contributed by atoms with Gasteiger partial charge in [0.1, 0.15) is 12.2 Å². The molecule has 0 aliphatic carbocycles. The molecular formula is C10H14FN3O4S. The van der Waals surface area contributed by atoms with E-state index in [9.17, 15) is 14.3 Å². The van der Waals surface area contributed by atoms with Gasteiger partial charge in [-0.15, -0.1) is 0 Å². The third-order valence-electron chi connectivity index (χ3n) is 3.01. The second-order valence-corrected chi connectivity index (χ2v) is 4.59. The Labute approximate surface area is 112 Å². The van der Waals surface area contributed by atoms with E-state index in [-0.39, 0.29) is 16.9 Å². The summed E-state index contributed by atoms with van der Waals surface area (Å²) in [6, 6.07) is 0. The molecular weight excluding hydrogens is 277 g/mol. The molecule has 0 radical (unpaired) electrons. The van der Waals surface area contributed by atoms with E-state index in [1.807, 2.05) is 0 Å². The Kier molecular flexibility index (Phi) is 4.11. The fraction of sp³-hybridized carbons (Fsp3) is 0.600. The number of aromatic nitrogens is 2. The molecule has 5 N–H and O–H groups in total. The minimum absolute atomic E-state index is 0.0411. The van der Waals surface area contributed by atoms with Crippen molar-refractivity contribution in [2.45, 2.75) is 31.2 Å². The fourth-order valence-corrected chi connectivity index (χ4v) is 2.19. The predicted molar refractivity (Wildman–Crippen MR) is 65.7 cm³/mol. The lowest BCUT2D eigenvalue weighted by molar-refractivity contribution is -0.0485. The number of alkyl halides is 1. The molecule has 2 rings (SSSR count). The third kappa shape index (κ3) is 2.47. The highest BCUT2D eigenvalue weighted by molar-refractivity contribution is 7.71. The summed E-state index contributed by atoms with van der Waals surface area (Å²) in [4.78, 5) is 13.8. The van der Waals surface area contributed by atoms with E-state index in [4.69, 9.17) is 27.8 Å². The van der Waals surface area contributed by atoms with E-state index in [0.717, 1.165) is 0 Å². The lowest BCUT2D eigenvalue weighted by atomic mass is 10.1. The fourth-order valence-electron chi connectivity index (χ4n) is 1.94. The highest BCUT2D eigenvalue weighted by atomic mass is 32.1. The molecule has 0 unspecified atom stereocenters. The van der Waals surface area contributed by atoms with Crippen molar-refractivity contribution in [1.82, 2.24) is 9.55 Å². The van der Waals surface area contributed by atoms with Crippen LogP contribution in [-0.4, -0.2) is 44.8 Å².